The Kier molecular flexibility index (Phi) is 6.91. The van der Waals surface area contributed by atoms with Crippen molar-refractivity contribution in [3.8, 4) is 11.5 Å². The van der Waals surface area contributed by atoms with Crippen LogP contribution in [0.4, 0.5) is 5.69 Å². The average molecular weight is 384 g/mol. The first-order valence-corrected chi connectivity index (χ1v) is 7.91. The maximum atomic E-state index is 11.8. The lowest BCUT2D eigenvalue weighted by molar-refractivity contribution is -0.149. The van der Waals surface area contributed by atoms with Crippen LogP contribution in [0.15, 0.2) is 42.5 Å². The zero-order chi connectivity index (χ0) is 18.2. The normalized spacial score (nSPS) is 10.0. The van der Waals surface area contributed by atoms with Crippen LogP contribution in [0.3, 0.4) is 0 Å². The summed E-state index contributed by atoms with van der Waals surface area (Å²) in [5, 5.41) is 3.32. The van der Waals surface area contributed by atoms with E-state index in [9.17, 15) is 9.59 Å². The van der Waals surface area contributed by atoms with Gasteiger partial charge in [0.05, 0.1) is 12.1 Å². The van der Waals surface area contributed by atoms with E-state index >= 15 is 0 Å². The maximum absolute atomic E-state index is 11.8. The monoisotopic (exact) mass is 383 g/mol. The molecule has 0 aliphatic heterocycles. The standard InChI is InChI=1S/C17H15Cl2NO5/c1-23-13-4-2-3-12(8-13)20-16(21)9-25-17(22)10-24-15-6-5-11(18)7-14(15)19/h2-8H,9-10H2,1H3,(H,20,21). The summed E-state index contributed by atoms with van der Waals surface area (Å²) in [5.41, 5.74) is 0.532. The van der Waals surface area contributed by atoms with E-state index < -0.39 is 18.5 Å². The smallest absolute Gasteiger partial charge is 0.344 e. The molecule has 0 bridgehead atoms. The van der Waals surface area contributed by atoms with E-state index in [4.69, 9.17) is 37.4 Å². The van der Waals surface area contributed by atoms with Crippen molar-refractivity contribution < 1.29 is 23.8 Å². The number of hydrogen-bond donors (Lipinski definition) is 1. The van der Waals surface area contributed by atoms with E-state index in [0.717, 1.165) is 0 Å². The molecule has 2 aromatic rings. The fourth-order valence-corrected chi connectivity index (χ4v) is 2.28. The van der Waals surface area contributed by atoms with Gasteiger partial charge in [-0.15, -0.1) is 0 Å². The zero-order valence-corrected chi connectivity index (χ0v) is 14.8. The molecule has 132 valence electrons. The van der Waals surface area contributed by atoms with E-state index in [1.54, 1.807) is 30.3 Å². The second-order valence-electron chi connectivity index (χ2n) is 4.80. The molecule has 0 saturated heterocycles. The van der Waals surface area contributed by atoms with E-state index in [0.29, 0.717) is 22.2 Å². The summed E-state index contributed by atoms with van der Waals surface area (Å²) >= 11 is 11.7. The fourth-order valence-electron chi connectivity index (χ4n) is 1.81. The van der Waals surface area contributed by atoms with Crippen LogP contribution in [0.5, 0.6) is 11.5 Å². The minimum absolute atomic E-state index is 0.274. The number of amides is 1. The number of carbonyl (C=O) groups is 2. The van der Waals surface area contributed by atoms with Gasteiger partial charge in [0.15, 0.2) is 13.2 Å². The van der Waals surface area contributed by atoms with Gasteiger partial charge in [0, 0.05) is 16.8 Å². The molecule has 2 aromatic carbocycles. The summed E-state index contributed by atoms with van der Waals surface area (Å²) in [6.45, 7) is -0.818. The molecular formula is C17H15Cl2NO5. The molecule has 0 radical (unpaired) electrons. The zero-order valence-electron chi connectivity index (χ0n) is 13.3. The van der Waals surface area contributed by atoms with Gasteiger partial charge in [0.1, 0.15) is 11.5 Å². The Labute approximate surface area is 154 Å². The molecule has 0 aromatic heterocycles. The summed E-state index contributed by atoms with van der Waals surface area (Å²) in [5.74, 6) is -0.287. The second-order valence-corrected chi connectivity index (χ2v) is 5.65. The van der Waals surface area contributed by atoms with Gasteiger partial charge >= 0.3 is 5.97 Å². The van der Waals surface area contributed by atoms with Crippen LogP contribution in [0, 0.1) is 0 Å². The highest BCUT2D eigenvalue weighted by Gasteiger charge is 2.10. The van der Waals surface area contributed by atoms with Crippen LogP contribution in [-0.4, -0.2) is 32.2 Å². The number of esters is 1. The Morgan fingerprint density at radius 2 is 1.88 bits per heavy atom. The minimum atomic E-state index is -0.702. The Morgan fingerprint density at radius 1 is 1.08 bits per heavy atom. The van der Waals surface area contributed by atoms with Crippen LogP contribution in [0.1, 0.15) is 0 Å². The summed E-state index contributed by atoms with van der Waals surface area (Å²) in [7, 11) is 1.52. The van der Waals surface area contributed by atoms with Crippen molar-refractivity contribution >= 4 is 40.8 Å². The number of methoxy groups -OCH3 is 1. The Morgan fingerprint density at radius 3 is 2.60 bits per heavy atom. The first-order valence-electron chi connectivity index (χ1n) is 7.15. The summed E-state index contributed by atoms with van der Waals surface area (Å²) in [4.78, 5) is 23.4. The number of nitrogens with one attached hydrogen (secondary N) is 1. The highest BCUT2D eigenvalue weighted by Crippen LogP contribution is 2.27. The van der Waals surface area contributed by atoms with Crippen molar-refractivity contribution in [2.24, 2.45) is 0 Å². The van der Waals surface area contributed by atoms with Crippen molar-refractivity contribution in [3.05, 3.63) is 52.5 Å². The van der Waals surface area contributed by atoms with Gasteiger partial charge in [-0.05, 0) is 30.3 Å². The lowest BCUT2D eigenvalue weighted by Crippen LogP contribution is -2.23. The molecule has 0 saturated carbocycles. The molecule has 2 rings (SSSR count). The van der Waals surface area contributed by atoms with Gasteiger partial charge in [-0.25, -0.2) is 4.79 Å². The van der Waals surface area contributed by atoms with E-state index in [1.165, 1.54) is 19.2 Å². The quantitative estimate of drug-likeness (QED) is 0.739. The Bertz CT molecular complexity index is 766. The number of anilines is 1. The van der Waals surface area contributed by atoms with Crippen LogP contribution < -0.4 is 14.8 Å². The third-order valence-corrected chi connectivity index (χ3v) is 3.49. The molecule has 0 fully saturated rings. The fraction of sp³-hybridized carbons (Fsp3) is 0.176. The number of carbonyl (C=O) groups excluding carboxylic acids is 2. The highest BCUT2D eigenvalue weighted by molar-refractivity contribution is 6.35. The predicted octanol–water partition coefficient (Wildman–Crippen LogP) is 3.56. The van der Waals surface area contributed by atoms with Gasteiger partial charge in [-0.2, -0.15) is 0 Å². The van der Waals surface area contributed by atoms with Crippen LogP contribution >= 0.6 is 23.2 Å². The second kappa shape index (κ2) is 9.15. The van der Waals surface area contributed by atoms with Gasteiger partial charge in [0.25, 0.3) is 5.91 Å². The lowest BCUT2D eigenvalue weighted by Gasteiger charge is -2.09. The third-order valence-electron chi connectivity index (χ3n) is 2.96. The number of hydrogen-bond acceptors (Lipinski definition) is 5. The van der Waals surface area contributed by atoms with Gasteiger partial charge in [-0.3, -0.25) is 4.79 Å². The lowest BCUT2D eigenvalue weighted by atomic mass is 10.3. The molecule has 25 heavy (non-hydrogen) atoms. The van der Waals surface area contributed by atoms with Crippen molar-refractivity contribution in [1.82, 2.24) is 0 Å². The molecule has 0 aliphatic rings. The molecule has 0 heterocycles. The summed E-state index contributed by atoms with van der Waals surface area (Å²) < 4.78 is 15.1. The van der Waals surface area contributed by atoms with Crippen LogP contribution in [0.25, 0.3) is 0 Å². The summed E-state index contributed by atoms with van der Waals surface area (Å²) in [6.07, 6.45) is 0. The third kappa shape index (κ3) is 6.17. The molecule has 0 aliphatic carbocycles. The summed E-state index contributed by atoms with van der Waals surface area (Å²) in [6, 6.07) is 11.4. The first kappa shape index (κ1) is 18.9. The van der Waals surface area contributed by atoms with Crippen LogP contribution in [0.2, 0.25) is 10.0 Å². The Balaban J connectivity index is 1.76. The predicted molar refractivity (Wildman–Crippen MR) is 94.5 cm³/mol. The van der Waals surface area contributed by atoms with Gasteiger partial charge < -0.3 is 19.5 Å². The highest BCUT2D eigenvalue weighted by atomic mass is 35.5. The van der Waals surface area contributed by atoms with Crippen molar-refractivity contribution in [3.63, 3.8) is 0 Å². The van der Waals surface area contributed by atoms with E-state index in [2.05, 4.69) is 5.32 Å². The van der Waals surface area contributed by atoms with Crippen molar-refractivity contribution in [2.75, 3.05) is 25.6 Å². The molecule has 1 N–H and O–H groups in total. The number of ether oxygens (including phenoxy) is 3. The van der Waals surface area contributed by atoms with Crippen molar-refractivity contribution in [1.29, 1.82) is 0 Å². The number of rotatable bonds is 7. The van der Waals surface area contributed by atoms with E-state index in [1.807, 2.05) is 0 Å². The SMILES string of the molecule is COc1cccc(NC(=O)COC(=O)COc2ccc(Cl)cc2Cl)c1. The van der Waals surface area contributed by atoms with Crippen LogP contribution in [-0.2, 0) is 14.3 Å². The molecule has 0 unspecified atom stereocenters. The molecule has 0 atom stereocenters. The van der Waals surface area contributed by atoms with E-state index in [-0.39, 0.29) is 11.6 Å². The first-order chi connectivity index (χ1) is 12.0. The van der Waals surface area contributed by atoms with Gasteiger partial charge in [0.2, 0.25) is 0 Å². The molecular weight excluding hydrogens is 369 g/mol. The molecule has 8 heteroatoms. The number of halogens is 2. The molecule has 0 spiro atoms. The largest absolute Gasteiger partial charge is 0.497 e. The van der Waals surface area contributed by atoms with Crippen molar-refractivity contribution in [2.45, 2.75) is 0 Å². The molecule has 6 nitrogen and oxygen atoms in total. The molecule has 1 amide bonds. The topological polar surface area (TPSA) is 73.9 Å². The Hall–Kier alpha value is -2.44. The average Bonchev–Trinajstić information content (AvgIpc) is 2.59. The number of benzene rings is 2. The van der Waals surface area contributed by atoms with Gasteiger partial charge in [-0.1, -0.05) is 29.3 Å². The maximum Gasteiger partial charge on any atom is 0.344 e. The minimum Gasteiger partial charge on any atom is -0.497 e.